The molecule has 2 rings (SSSR count). The Bertz CT molecular complexity index is 269. The van der Waals surface area contributed by atoms with E-state index in [1.54, 1.807) is 0 Å². The van der Waals surface area contributed by atoms with Crippen molar-refractivity contribution < 1.29 is 4.79 Å². The van der Waals surface area contributed by atoms with Gasteiger partial charge >= 0.3 is 0 Å². The molecule has 0 aromatic rings. The lowest BCUT2D eigenvalue weighted by Crippen LogP contribution is -2.55. The number of nitrogens with zero attached hydrogens (tertiary/aromatic N) is 2. The van der Waals surface area contributed by atoms with Gasteiger partial charge in [-0.3, -0.25) is 4.79 Å². The van der Waals surface area contributed by atoms with Crippen LogP contribution in [-0.2, 0) is 4.79 Å². The molecule has 0 aromatic carbocycles. The lowest BCUT2D eigenvalue weighted by atomic mass is 10.0. The fraction of sp³-hybridized carbons (Fsp3) is 0.917. The molecule has 4 heteroatoms. The fourth-order valence-electron chi connectivity index (χ4n) is 2.98. The van der Waals surface area contributed by atoms with Gasteiger partial charge in [-0.25, -0.2) is 0 Å². The Kier molecular flexibility index (Phi) is 3.50. The monoisotopic (exact) mass is 225 g/mol. The second kappa shape index (κ2) is 4.72. The zero-order valence-corrected chi connectivity index (χ0v) is 10.4. The average molecular weight is 225 g/mol. The molecule has 0 spiro atoms. The Labute approximate surface area is 97.8 Å². The summed E-state index contributed by atoms with van der Waals surface area (Å²) in [5.74, 6) is 0.386. The first-order chi connectivity index (χ1) is 7.59. The van der Waals surface area contributed by atoms with E-state index in [2.05, 4.69) is 18.9 Å². The Morgan fingerprint density at radius 3 is 2.62 bits per heavy atom. The normalized spacial score (nSPS) is 36.7. The summed E-state index contributed by atoms with van der Waals surface area (Å²) < 4.78 is 0. The number of hydrogen-bond acceptors (Lipinski definition) is 3. The molecule has 1 saturated carbocycles. The van der Waals surface area contributed by atoms with Crippen LogP contribution in [0.5, 0.6) is 0 Å². The van der Waals surface area contributed by atoms with Crippen LogP contribution in [0.25, 0.3) is 0 Å². The summed E-state index contributed by atoms with van der Waals surface area (Å²) in [4.78, 5) is 16.7. The van der Waals surface area contributed by atoms with E-state index in [1.807, 2.05) is 4.90 Å². The zero-order chi connectivity index (χ0) is 11.7. The van der Waals surface area contributed by atoms with Crippen LogP contribution in [0.4, 0.5) is 0 Å². The van der Waals surface area contributed by atoms with Crippen LogP contribution >= 0.6 is 0 Å². The van der Waals surface area contributed by atoms with Crippen LogP contribution in [0.2, 0.25) is 0 Å². The Hall–Kier alpha value is -0.610. The molecule has 0 aromatic heterocycles. The molecule has 1 heterocycles. The summed E-state index contributed by atoms with van der Waals surface area (Å²) in [5, 5.41) is 0. The minimum atomic E-state index is 0.0888. The molecule has 4 nitrogen and oxygen atoms in total. The molecule has 0 radical (unpaired) electrons. The molecule has 3 atom stereocenters. The van der Waals surface area contributed by atoms with Crippen LogP contribution in [0.1, 0.15) is 26.2 Å². The average Bonchev–Trinajstić information content (AvgIpc) is 2.63. The van der Waals surface area contributed by atoms with Crippen molar-refractivity contribution in [3.05, 3.63) is 0 Å². The predicted octanol–water partition coefficient (Wildman–Crippen LogP) is 0.276. The van der Waals surface area contributed by atoms with E-state index in [0.29, 0.717) is 11.9 Å². The molecule has 1 saturated heterocycles. The first-order valence-electron chi connectivity index (χ1n) is 6.34. The van der Waals surface area contributed by atoms with Crippen LogP contribution in [0, 0.1) is 5.92 Å². The lowest BCUT2D eigenvalue weighted by molar-refractivity contribution is -0.140. The summed E-state index contributed by atoms with van der Waals surface area (Å²) in [6.07, 6.45) is 3.11. The molecule has 92 valence electrons. The standard InChI is InChI=1S/C12H23N3O/c1-9-8-14(2)6-7-15(9)12(16)10-4-3-5-11(10)13/h9-11H,3-8,13H2,1-2H3. The van der Waals surface area contributed by atoms with Gasteiger partial charge in [0.05, 0.1) is 5.92 Å². The van der Waals surface area contributed by atoms with Gasteiger partial charge in [0.25, 0.3) is 0 Å². The largest absolute Gasteiger partial charge is 0.337 e. The topological polar surface area (TPSA) is 49.6 Å². The van der Waals surface area contributed by atoms with Crippen LogP contribution in [0.3, 0.4) is 0 Å². The summed E-state index contributed by atoms with van der Waals surface area (Å²) >= 11 is 0. The maximum absolute atomic E-state index is 12.4. The maximum Gasteiger partial charge on any atom is 0.227 e. The van der Waals surface area contributed by atoms with Crippen molar-refractivity contribution in [1.29, 1.82) is 0 Å². The highest BCUT2D eigenvalue weighted by Crippen LogP contribution is 2.27. The zero-order valence-electron chi connectivity index (χ0n) is 10.4. The molecule has 0 bridgehead atoms. The van der Waals surface area contributed by atoms with Crippen LogP contribution in [0.15, 0.2) is 0 Å². The smallest absolute Gasteiger partial charge is 0.227 e. The summed E-state index contributed by atoms with van der Waals surface area (Å²) in [7, 11) is 2.11. The van der Waals surface area contributed by atoms with Crippen LogP contribution in [-0.4, -0.2) is 54.5 Å². The molecule has 1 amide bonds. The van der Waals surface area contributed by atoms with Crippen molar-refractivity contribution in [2.75, 3.05) is 26.7 Å². The van der Waals surface area contributed by atoms with Gasteiger partial charge in [0, 0.05) is 31.7 Å². The van der Waals surface area contributed by atoms with Crippen molar-refractivity contribution in [3.63, 3.8) is 0 Å². The first kappa shape index (κ1) is 11.9. The number of carbonyl (C=O) groups excluding carboxylic acids is 1. The van der Waals surface area contributed by atoms with Gasteiger partial charge in [-0.2, -0.15) is 0 Å². The first-order valence-corrected chi connectivity index (χ1v) is 6.34. The molecular weight excluding hydrogens is 202 g/mol. The number of carbonyl (C=O) groups is 1. The lowest BCUT2D eigenvalue weighted by Gasteiger charge is -2.40. The van der Waals surface area contributed by atoms with Gasteiger partial charge in [0.1, 0.15) is 0 Å². The number of amides is 1. The second-order valence-electron chi connectivity index (χ2n) is 5.34. The highest BCUT2D eigenvalue weighted by molar-refractivity contribution is 5.80. The molecule has 1 aliphatic heterocycles. The maximum atomic E-state index is 12.4. The van der Waals surface area contributed by atoms with Gasteiger partial charge in [-0.15, -0.1) is 0 Å². The molecular formula is C12H23N3O. The molecule has 2 aliphatic rings. The minimum Gasteiger partial charge on any atom is -0.337 e. The van der Waals surface area contributed by atoms with E-state index >= 15 is 0 Å². The quantitative estimate of drug-likeness (QED) is 0.697. The van der Waals surface area contributed by atoms with E-state index in [-0.39, 0.29) is 12.0 Å². The van der Waals surface area contributed by atoms with Gasteiger partial charge in [0.15, 0.2) is 0 Å². The summed E-state index contributed by atoms with van der Waals surface area (Å²) in [6.45, 7) is 4.96. The minimum absolute atomic E-state index is 0.0888. The van der Waals surface area contributed by atoms with Gasteiger partial charge in [0.2, 0.25) is 5.91 Å². The van der Waals surface area contributed by atoms with Gasteiger partial charge in [-0.05, 0) is 26.8 Å². The molecule has 2 N–H and O–H groups in total. The van der Waals surface area contributed by atoms with Crippen LogP contribution < -0.4 is 5.73 Å². The number of likely N-dealkylation sites (N-methyl/N-ethyl adjacent to an activating group) is 1. The van der Waals surface area contributed by atoms with E-state index in [4.69, 9.17) is 5.73 Å². The number of rotatable bonds is 1. The molecule has 2 fully saturated rings. The van der Waals surface area contributed by atoms with Crippen molar-refractivity contribution in [1.82, 2.24) is 9.80 Å². The Morgan fingerprint density at radius 1 is 1.31 bits per heavy atom. The van der Waals surface area contributed by atoms with E-state index in [1.165, 1.54) is 0 Å². The Balaban J connectivity index is 1.98. The van der Waals surface area contributed by atoms with E-state index in [9.17, 15) is 4.79 Å². The third-order valence-electron chi connectivity index (χ3n) is 4.00. The highest BCUT2D eigenvalue weighted by Gasteiger charge is 2.36. The number of piperazine rings is 1. The summed E-state index contributed by atoms with van der Waals surface area (Å²) in [6, 6.07) is 0.429. The predicted molar refractivity (Wildman–Crippen MR) is 64.0 cm³/mol. The highest BCUT2D eigenvalue weighted by atomic mass is 16.2. The van der Waals surface area contributed by atoms with Crippen molar-refractivity contribution in [2.24, 2.45) is 11.7 Å². The SMILES string of the molecule is CC1CN(C)CCN1C(=O)C1CCCC1N. The van der Waals surface area contributed by atoms with Crippen molar-refractivity contribution >= 4 is 5.91 Å². The van der Waals surface area contributed by atoms with E-state index < -0.39 is 0 Å². The second-order valence-corrected chi connectivity index (χ2v) is 5.34. The molecule has 1 aliphatic carbocycles. The number of nitrogens with two attached hydrogens (primary N) is 1. The van der Waals surface area contributed by atoms with Crippen molar-refractivity contribution in [2.45, 2.75) is 38.3 Å². The van der Waals surface area contributed by atoms with E-state index in [0.717, 1.165) is 38.9 Å². The number of hydrogen-bond donors (Lipinski definition) is 1. The van der Waals surface area contributed by atoms with Crippen molar-refractivity contribution in [3.8, 4) is 0 Å². The van der Waals surface area contributed by atoms with Gasteiger partial charge in [-0.1, -0.05) is 6.42 Å². The third kappa shape index (κ3) is 2.23. The van der Waals surface area contributed by atoms with Gasteiger partial charge < -0.3 is 15.5 Å². The molecule has 16 heavy (non-hydrogen) atoms. The third-order valence-corrected chi connectivity index (χ3v) is 4.00. The molecule has 3 unspecified atom stereocenters. The Morgan fingerprint density at radius 2 is 2.06 bits per heavy atom. The summed E-state index contributed by atoms with van der Waals surface area (Å²) in [5.41, 5.74) is 6.00. The fourth-order valence-corrected chi connectivity index (χ4v) is 2.98.